The van der Waals surface area contributed by atoms with Gasteiger partial charge in [-0.2, -0.15) is 5.26 Å². The molecule has 2 nitrogen and oxygen atoms in total. The van der Waals surface area contributed by atoms with Crippen LogP contribution in [-0.2, 0) is 0 Å². The number of benzene rings is 2. The Kier molecular flexibility index (Phi) is 5.24. The van der Waals surface area contributed by atoms with Crippen LogP contribution in [0.5, 0.6) is 0 Å². The van der Waals surface area contributed by atoms with E-state index in [4.69, 9.17) is 0 Å². The quantitative estimate of drug-likeness (QED) is 0.791. The lowest BCUT2D eigenvalue weighted by molar-refractivity contribution is 0.600. The SMILES string of the molecule is CCSc1cccc(NC(C)c2ccccc2F)c1C#N. The Labute approximate surface area is 129 Å². The van der Waals surface area contributed by atoms with Gasteiger partial charge in [-0.15, -0.1) is 11.8 Å². The van der Waals surface area contributed by atoms with Crippen molar-refractivity contribution in [2.24, 2.45) is 0 Å². The summed E-state index contributed by atoms with van der Waals surface area (Å²) in [6.07, 6.45) is 0. The predicted molar refractivity (Wildman–Crippen MR) is 86.0 cm³/mol. The molecular formula is C17H17FN2S. The molecule has 0 radical (unpaired) electrons. The van der Waals surface area contributed by atoms with Gasteiger partial charge in [0.2, 0.25) is 0 Å². The minimum absolute atomic E-state index is 0.208. The van der Waals surface area contributed by atoms with Gasteiger partial charge in [-0.1, -0.05) is 31.2 Å². The molecule has 0 saturated heterocycles. The highest BCUT2D eigenvalue weighted by molar-refractivity contribution is 7.99. The van der Waals surface area contributed by atoms with E-state index in [2.05, 4.69) is 11.4 Å². The van der Waals surface area contributed by atoms with Crippen LogP contribution < -0.4 is 5.32 Å². The second-order valence-electron chi connectivity index (χ2n) is 4.61. The number of nitrogens with one attached hydrogen (secondary N) is 1. The molecule has 2 rings (SSSR count). The van der Waals surface area contributed by atoms with Crippen LogP contribution in [0, 0.1) is 17.1 Å². The maximum absolute atomic E-state index is 13.8. The fraction of sp³-hybridized carbons (Fsp3) is 0.235. The van der Waals surface area contributed by atoms with Crippen LogP contribution >= 0.6 is 11.8 Å². The summed E-state index contributed by atoms with van der Waals surface area (Å²) in [6, 6.07) is 14.4. The third kappa shape index (κ3) is 3.56. The zero-order valence-electron chi connectivity index (χ0n) is 12.1. The number of nitrogens with zero attached hydrogens (tertiary/aromatic N) is 1. The van der Waals surface area contributed by atoms with E-state index in [9.17, 15) is 9.65 Å². The first-order valence-electron chi connectivity index (χ1n) is 6.84. The fourth-order valence-electron chi connectivity index (χ4n) is 2.18. The second kappa shape index (κ2) is 7.14. The Morgan fingerprint density at radius 3 is 2.67 bits per heavy atom. The molecule has 108 valence electrons. The average molecular weight is 300 g/mol. The van der Waals surface area contributed by atoms with Crippen molar-refractivity contribution in [2.45, 2.75) is 24.8 Å². The van der Waals surface area contributed by atoms with Crippen molar-refractivity contribution in [2.75, 3.05) is 11.1 Å². The van der Waals surface area contributed by atoms with E-state index in [0.29, 0.717) is 11.1 Å². The molecule has 0 spiro atoms. The third-order valence-electron chi connectivity index (χ3n) is 3.18. The smallest absolute Gasteiger partial charge is 0.128 e. The average Bonchev–Trinajstić information content (AvgIpc) is 2.48. The first-order chi connectivity index (χ1) is 10.2. The van der Waals surface area contributed by atoms with E-state index in [0.717, 1.165) is 16.3 Å². The van der Waals surface area contributed by atoms with Crippen molar-refractivity contribution in [3.63, 3.8) is 0 Å². The molecule has 0 aliphatic carbocycles. The van der Waals surface area contributed by atoms with Gasteiger partial charge in [-0.25, -0.2) is 4.39 Å². The first kappa shape index (κ1) is 15.4. The monoisotopic (exact) mass is 300 g/mol. The summed E-state index contributed by atoms with van der Waals surface area (Å²) in [5, 5.41) is 12.6. The normalized spacial score (nSPS) is 11.7. The molecule has 1 N–H and O–H groups in total. The molecule has 4 heteroatoms. The minimum Gasteiger partial charge on any atom is -0.377 e. The Bertz CT molecular complexity index is 664. The molecule has 0 bridgehead atoms. The Balaban J connectivity index is 2.30. The summed E-state index contributed by atoms with van der Waals surface area (Å²) in [4.78, 5) is 0.950. The van der Waals surface area contributed by atoms with Gasteiger partial charge in [0, 0.05) is 10.5 Å². The van der Waals surface area contributed by atoms with E-state index in [1.807, 2.05) is 38.1 Å². The summed E-state index contributed by atoms with van der Waals surface area (Å²) in [5.41, 5.74) is 1.95. The minimum atomic E-state index is -0.241. The number of anilines is 1. The largest absolute Gasteiger partial charge is 0.377 e. The van der Waals surface area contributed by atoms with Gasteiger partial charge < -0.3 is 5.32 Å². The van der Waals surface area contributed by atoms with E-state index < -0.39 is 0 Å². The molecule has 2 aromatic carbocycles. The number of hydrogen-bond acceptors (Lipinski definition) is 3. The summed E-state index contributed by atoms with van der Waals surface area (Å²) in [6.45, 7) is 3.94. The molecule has 1 unspecified atom stereocenters. The molecule has 0 aliphatic heterocycles. The lowest BCUT2D eigenvalue weighted by Gasteiger charge is -2.18. The van der Waals surface area contributed by atoms with Gasteiger partial charge in [0.05, 0.1) is 17.3 Å². The van der Waals surface area contributed by atoms with Gasteiger partial charge in [0.1, 0.15) is 11.9 Å². The van der Waals surface area contributed by atoms with Crippen LogP contribution in [0.2, 0.25) is 0 Å². The van der Waals surface area contributed by atoms with Crippen molar-refractivity contribution in [3.8, 4) is 6.07 Å². The van der Waals surface area contributed by atoms with Crippen LogP contribution in [0.15, 0.2) is 47.4 Å². The van der Waals surface area contributed by atoms with Gasteiger partial charge in [0.25, 0.3) is 0 Å². The molecule has 0 amide bonds. The summed E-state index contributed by atoms with van der Waals surface area (Å²) >= 11 is 1.63. The van der Waals surface area contributed by atoms with Crippen molar-refractivity contribution < 1.29 is 4.39 Å². The molecule has 1 atom stereocenters. The molecule has 21 heavy (non-hydrogen) atoms. The maximum Gasteiger partial charge on any atom is 0.128 e. The highest BCUT2D eigenvalue weighted by Gasteiger charge is 2.13. The Hall–Kier alpha value is -1.99. The number of halogens is 1. The number of rotatable bonds is 5. The Morgan fingerprint density at radius 1 is 1.24 bits per heavy atom. The number of hydrogen-bond donors (Lipinski definition) is 1. The first-order valence-corrected chi connectivity index (χ1v) is 7.82. The maximum atomic E-state index is 13.8. The van der Waals surface area contributed by atoms with E-state index >= 15 is 0 Å². The number of thioether (sulfide) groups is 1. The van der Waals surface area contributed by atoms with Crippen LogP contribution in [0.25, 0.3) is 0 Å². The lowest BCUT2D eigenvalue weighted by atomic mass is 10.1. The molecular weight excluding hydrogens is 283 g/mol. The van der Waals surface area contributed by atoms with Crippen molar-refractivity contribution in [1.29, 1.82) is 5.26 Å². The standard InChI is InChI=1S/C17H17FN2S/c1-3-21-17-10-6-9-16(14(17)11-19)20-12(2)13-7-4-5-8-15(13)18/h4-10,12,20H,3H2,1-2H3. The molecule has 0 heterocycles. The van der Waals surface area contributed by atoms with Crippen LogP contribution in [0.4, 0.5) is 10.1 Å². The lowest BCUT2D eigenvalue weighted by Crippen LogP contribution is -2.09. The van der Waals surface area contributed by atoms with Gasteiger partial charge in [-0.05, 0) is 30.9 Å². The van der Waals surface area contributed by atoms with E-state index in [-0.39, 0.29) is 11.9 Å². The van der Waals surface area contributed by atoms with Crippen LogP contribution in [0.1, 0.15) is 31.0 Å². The van der Waals surface area contributed by atoms with E-state index in [1.165, 1.54) is 6.07 Å². The fourth-order valence-corrected chi connectivity index (χ4v) is 2.97. The highest BCUT2D eigenvalue weighted by atomic mass is 32.2. The molecule has 0 saturated carbocycles. The van der Waals surface area contributed by atoms with Crippen molar-refractivity contribution in [3.05, 3.63) is 59.4 Å². The predicted octanol–water partition coefficient (Wildman–Crippen LogP) is 4.98. The zero-order valence-corrected chi connectivity index (χ0v) is 12.9. The summed E-state index contributed by atoms with van der Waals surface area (Å²) in [7, 11) is 0. The third-order valence-corrected chi connectivity index (χ3v) is 4.12. The molecule has 0 aliphatic rings. The van der Waals surface area contributed by atoms with E-state index in [1.54, 1.807) is 23.9 Å². The molecule has 0 fully saturated rings. The van der Waals surface area contributed by atoms with Crippen molar-refractivity contribution >= 4 is 17.4 Å². The molecule has 2 aromatic rings. The Morgan fingerprint density at radius 2 is 2.00 bits per heavy atom. The topological polar surface area (TPSA) is 35.8 Å². The summed E-state index contributed by atoms with van der Waals surface area (Å²) in [5.74, 6) is 0.663. The molecule has 0 aromatic heterocycles. The van der Waals surface area contributed by atoms with Gasteiger partial charge in [0.15, 0.2) is 0 Å². The summed E-state index contributed by atoms with van der Waals surface area (Å²) < 4.78 is 13.8. The van der Waals surface area contributed by atoms with Gasteiger partial charge in [-0.3, -0.25) is 0 Å². The number of nitriles is 1. The van der Waals surface area contributed by atoms with Crippen LogP contribution in [0.3, 0.4) is 0 Å². The van der Waals surface area contributed by atoms with Crippen LogP contribution in [-0.4, -0.2) is 5.75 Å². The van der Waals surface area contributed by atoms with Gasteiger partial charge >= 0.3 is 0 Å². The van der Waals surface area contributed by atoms with Crippen molar-refractivity contribution in [1.82, 2.24) is 0 Å². The highest BCUT2D eigenvalue weighted by Crippen LogP contribution is 2.30. The zero-order chi connectivity index (χ0) is 15.2. The second-order valence-corrected chi connectivity index (χ2v) is 5.92.